The Kier molecular flexibility index (Phi) is 10.0. The van der Waals surface area contributed by atoms with Gasteiger partial charge in [-0.25, -0.2) is 8.42 Å². The van der Waals surface area contributed by atoms with Crippen molar-refractivity contribution in [3.63, 3.8) is 0 Å². The number of fused-ring (bicyclic) bond motifs is 1. The predicted octanol–water partition coefficient (Wildman–Crippen LogP) is 7.20. The highest BCUT2D eigenvalue weighted by Crippen LogP contribution is 2.57. The van der Waals surface area contributed by atoms with Crippen LogP contribution in [0.3, 0.4) is 0 Å². The molecule has 0 aliphatic rings. The van der Waals surface area contributed by atoms with Crippen molar-refractivity contribution >= 4 is 33.4 Å². The van der Waals surface area contributed by atoms with Gasteiger partial charge in [-0.3, -0.25) is 4.57 Å². The summed E-state index contributed by atoms with van der Waals surface area (Å²) in [6, 6.07) is 14.4. The van der Waals surface area contributed by atoms with Crippen molar-refractivity contribution in [3.05, 3.63) is 65.2 Å². The second-order valence-corrected chi connectivity index (χ2v) is 16.7. The molecule has 0 heterocycles. The summed E-state index contributed by atoms with van der Waals surface area (Å²) in [5, 5.41) is 18.4. The summed E-state index contributed by atoms with van der Waals surface area (Å²) in [6.45, 7) is 17.3. The van der Waals surface area contributed by atoms with Gasteiger partial charge in [0.15, 0.2) is 7.29 Å². The van der Waals surface area contributed by atoms with E-state index in [1.54, 1.807) is 39.0 Å². The monoisotopic (exact) mass is 561 g/mol. The fourth-order valence-electron chi connectivity index (χ4n) is 4.51. The smallest absolute Gasteiger partial charge is 0.247 e. The number of benzene rings is 3. The zero-order chi connectivity index (χ0) is 29.2. The summed E-state index contributed by atoms with van der Waals surface area (Å²) in [5.74, 6) is -0.0727. The van der Waals surface area contributed by atoms with Gasteiger partial charge < -0.3 is 10.2 Å². The third-order valence-corrected chi connectivity index (χ3v) is 12.7. The molecule has 6 nitrogen and oxygen atoms in total. The maximum Gasteiger partial charge on any atom is 0.247 e. The van der Waals surface area contributed by atoms with Crippen LogP contribution in [0.15, 0.2) is 53.4 Å². The van der Waals surface area contributed by atoms with E-state index in [2.05, 4.69) is 18.3 Å². The predicted molar refractivity (Wildman–Crippen MR) is 160 cm³/mol. The second kappa shape index (κ2) is 11.9. The zero-order valence-electron chi connectivity index (χ0n) is 24.3. The Morgan fingerprint density at radius 2 is 1.32 bits per heavy atom. The molecule has 0 saturated heterocycles. The van der Waals surface area contributed by atoms with Gasteiger partial charge in [0.25, 0.3) is 0 Å². The summed E-state index contributed by atoms with van der Waals surface area (Å²) < 4.78 is 46.2. The van der Waals surface area contributed by atoms with Crippen LogP contribution < -0.4 is 9.80 Å². The van der Waals surface area contributed by atoms with Crippen molar-refractivity contribution in [1.82, 2.24) is 4.49 Å². The number of rotatable bonds is 7. The number of hydrogen-bond acceptors (Lipinski definition) is 5. The Labute approximate surface area is 229 Å². The van der Waals surface area contributed by atoms with E-state index < -0.39 is 22.5 Å². The number of phenols is 1. The van der Waals surface area contributed by atoms with Gasteiger partial charge in [0.2, 0.25) is 10.0 Å². The van der Waals surface area contributed by atoms with Crippen LogP contribution in [0.25, 0.3) is 10.8 Å². The molecule has 8 heteroatoms. The number of phenolic OH excluding ortho intramolecular Hbond substituents is 1. The topological polar surface area (TPSA) is 104 Å². The average molecular weight is 562 g/mol. The van der Waals surface area contributed by atoms with Gasteiger partial charge in [-0.05, 0) is 51.3 Å². The Morgan fingerprint density at radius 1 is 0.816 bits per heavy atom. The van der Waals surface area contributed by atoms with E-state index in [4.69, 9.17) is 5.11 Å². The normalized spacial score (nSPS) is 14.1. The first-order valence-electron chi connectivity index (χ1n) is 13.0. The van der Waals surface area contributed by atoms with E-state index in [0.29, 0.717) is 16.5 Å². The molecule has 0 unspecified atom stereocenters. The van der Waals surface area contributed by atoms with Crippen molar-refractivity contribution in [2.75, 3.05) is 7.11 Å². The molecular weight excluding hydrogens is 517 g/mol. The van der Waals surface area contributed by atoms with E-state index in [1.807, 2.05) is 52.0 Å². The number of aliphatic hydroxyl groups is 1. The van der Waals surface area contributed by atoms with E-state index in [9.17, 15) is 18.1 Å². The fourth-order valence-corrected chi connectivity index (χ4v) is 10.5. The molecule has 0 bridgehead atoms. The molecular formula is C30H44NO5PS. The Morgan fingerprint density at radius 3 is 1.76 bits per heavy atom. The molecule has 0 radical (unpaired) electrons. The molecule has 3 N–H and O–H groups in total. The van der Waals surface area contributed by atoms with E-state index in [1.165, 1.54) is 6.07 Å². The third kappa shape index (κ3) is 6.17. The lowest BCUT2D eigenvalue weighted by Gasteiger charge is -2.34. The van der Waals surface area contributed by atoms with E-state index in [0.717, 1.165) is 18.1 Å². The van der Waals surface area contributed by atoms with Crippen LogP contribution in [0, 0.1) is 0 Å². The fraction of sp³-hybridized carbons (Fsp3) is 0.467. The zero-order valence-corrected chi connectivity index (χ0v) is 26.0. The molecule has 3 aromatic carbocycles. The first-order valence-corrected chi connectivity index (χ1v) is 16.2. The molecule has 210 valence electrons. The highest BCUT2D eigenvalue weighted by molar-refractivity contribution is 7.97. The molecule has 3 rings (SSSR count). The maximum atomic E-state index is 14.9. The lowest BCUT2D eigenvalue weighted by molar-refractivity contribution is 0.399. The Hall–Kier alpha value is -2.18. The van der Waals surface area contributed by atoms with Crippen LogP contribution in [0.2, 0.25) is 0 Å². The number of aromatic hydroxyl groups is 1. The largest absolute Gasteiger partial charge is 0.507 e. The molecule has 1 atom stereocenters. The van der Waals surface area contributed by atoms with Crippen LogP contribution in [0.4, 0.5) is 0 Å². The Bertz CT molecular complexity index is 1410. The van der Waals surface area contributed by atoms with Gasteiger partial charge in [0.1, 0.15) is 5.75 Å². The summed E-state index contributed by atoms with van der Waals surface area (Å²) in [6.07, 6.45) is 0. The third-order valence-electron chi connectivity index (χ3n) is 6.74. The quantitative estimate of drug-likeness (QED) is 0.265. The highest BCUT2D eigenvalue weighted by atomic mass is 32.2. The lowest BCUT2D eigenvalue weighted by Crippen LogP contribution is -2.37. The van der Waals surface area contributed by atoms with Gasteiger partial charge in [0.05, 0.1) is 10.2 Å². The molecule has 0 fully saturated rings. The highest BCUT2D eigenvalue weighted by Gasteiger charge is 2.45. The minimum absolute atomic E-state index is 0.0623. The molecule has 0 spiro atoms. The number of aliphatic hydroxyl groups excluding tert-OH is 1. The van der Waals surface area contributed by atoms with Gasteiger partial charge in [-0.1, -0.05) is 105 Å². The first-order chi connectivity index (χ1) is 17.5. The van der Waals surface area contributed by atoms with Crippen LogP contribution in [0.5, 0.6) is 5.75 Å². The minimum atomic E-state index is -4.25. The van der Waals surface area contributed by atoms with Gasteiger partial charge >= 0.3 is 0 Å². The summed E-state index contributed by atoms with van der Waals surface area (Å²) >= 11 is 0. The Balaban J connectivity index is 0.00000247. The lowest BCUT2D eigenvalue weighted by atomic mass is 9.89. The van der Waals surface area contributed by atoms with Crippen LogP contribution in [0.1, 0.15) is 96.8 Å². The van der Waals surface area contributed by atoms with E-state index >= 15 is 0 Å². The molecule has 0 aliphatic heterocycles. The number of nitrogens with one attached hydrogen (secondary N) is 1. The van der Waals surface area contributed by atoms with Gasteiger partial charge in [0, 0.05) is 12.3 Å². The standard InChI is InChI=1S/C29H40NO4PS.CH4O/c1-18(2)22-16-24(19(3)4)28(25(17-22)20(5)6)36(33,34)30-35(32,29(7,8)9)27-23-13-11-10-12-21(23)14-15-26(27)31;1-2/h10-20,31H,1-9H3,(H,30,32);2H,1H3/t35-;/m0./s1. The van der Waals surface area contributed by atoms with Crippen molar-refractivity contribution in [1.29, 1.82) is 0 Å². The summed E-state index contributed by atoms with van der Waals surface area (Å²) in [5.41, 5.74) is 2.49. The average Bonchev–Trinajstić information content (AvgIpc) is 2.83. The molecule has 3 aromatic rings. The van der Waals surface area contributed by atoms with Crippen LogP contribution in [-0.2, 0) is 14.6 Å². The minimum Gasteiger partial charge on any atom is -0.507 e. The van der Waals surface area contributed by atoms with Crippen molar-refractivity contribution in [3.8, 4) is 5.75 Å². The van der Waals surface area contributed by atoms with Gasteiger partial charge in [-0.2, -0.15) is 4.49 Å². The van der Waals surface area contributed by atoms with Crippen LogP contribution >= 0.6 is 7.29 Å². The van der Waals surface area contributed by atoms with Crippen molar-refractivity contribution < 1.29 is 23.2 Å². The maximum absolute atomic E-state index is 14.9. The molecule has 38 heavy (non-hydrogen) atoms. The van der Waals surface area contributed by atoms with Crippen LogP contribution in [-0.4, -0.2) is 30.9 Å². The SMILES string of the molecule is CC(C)c1cc(C(C)C)c(S(=O)(=O)N[P@](=O)(c2c(O)ccc3ccccc23)C(C)(C)C)c(C(C)C)c1.CO. The van der Waals surface area contributed by atoms with E-state index in [-0.39, 0.29) is 33.7 Å². The number of hydrogen-bond donors (Lipinski definition) is 3. The summed E-state index contributed by atoms with van der Waals surface area (Å²) in [4.78, 5) is 0.195. The molecule has 0 aromatic heterocycles. The van der Waals surface area contributed by atoms with Crippen molar-refractivity contribution in [2.24, 2.45) is 0 Å². The molecule has 0 amide bonds. The molecule has 0 saturated carbocycles. The number of sulfonamides is 1. The first kappa shape index (κ1) is 32.0. The van der Waals surface area contributed by atoms with Gasteiger partial charge in [-0.15, -0.1) is 0 Å². The van der Waals surface area contributed by atoms with Crippen molar-refractivity contribution in [2.45, 2.75) is 90.1 Å². The summed E-state index contributed by atoms with van der Waals surface area (Å²) in [7, 11) is -7.20. The second-order valence-electron chi connectivity index (χ2n) is 11.5. The molecule has 0 aliphatic carbocycles.